The van der Waals surface area contributed by atoms with Crippen LogP contribution >= 0.6 is 0 Å². The van der Waals surface area contributed by atoms with E-state index in [-0.39, 0.29) is 30.9 Å². The Labute approximate surface area is 155 Å². The van der Waals surface area contributed by atoms with Crippen LogP contribution in [-0.4, -0.2) is 62.3 Å². The largest absolute Gasteiger partial charge is 0.462 e. The Hall–Kier alpha value is -2.55. The second-order valence-corrected chi connectivity index (χ2v) is 6.02. The van der Waals surface area contributed by atoms with E-state index in [1.165, 1.54) is 11.0 Å². The van der Waals surface area contributed by atoms with Crippen molar-refractivity contribution in [2.75, 3.05) is 49.5 Å². The molecule has 0 radical (unpaired) electrons. The normalized spacial score (nSPS) is 15.3. The standard InChI is InChI=1S/C18H22F3N3O3/c1-3-16(25)22-15-11-13(5-6-14(15)17(26)27-4-2)24-9-7-23(8-10-24)12-18(19,20)21/h3,5-6,11H,1,4,7-10,12H2,2H3,(H,22,25). The van der Waals surface area contributed by atoms with E-state index in [1.807, 2.05) is 4.90 Å². The van der Waals surface area contributed by atoms with Crippen molar-refractivity contribution in [3.63, 3.8) is 0 Å². The van der Waals surface area contributed by atoms with Crippen molar-refractivity contribution in [2.45, 2.75) is 13.1 Å². The summed E-state index contributed by atoms with van der Waals surface area (Å²) in [6, 6.07) is 4.84. The number of benzene rings is 1. The average molecular weight is 385 g/mol. The molecule has 1 aliphatic rings. The number of alkyl halides is 3. The van der Waals surface area contributed by atoms with E-state index >= 15 is 0 Å². The summed E-state index contributed by atoms with van der Waals surface area (Å²) in [6.07, 6.45) is -3.14. The molecule has 148 valence electrons. The number of esters is 1. The van der Waals surface area contributed by atoms with Gasteiger partial charge in [0.1, 0.15) is 0 Å². The number of piperazine rings is 1. The van der Waals surface area contributed by atoms with E-state index in [4.69, 9.17) is 4.74 Å². The number of halogens is 3. The number of ether oxygens (including phenoxy) is 1. The zero-order chi connectivity index (χ0) is 20.0. The van der Waals surface area contributed by atoms with Gasteiger partial charge in [-0.05, 0) is 31.2 Å². The first-order chi connectivity index (χ1) is 12.7. The molecule has 0 aromatic heterocycles. The van der Waals surface area contributed by atoms with E-state index in [1.54, 1.807) is 19.1 Å². The lowest BCUT2D eigenvalue weighted by molar-refractivity contribution is -0.146. The maximum atomic E-state index is 12.5. The monoisotopic (exact) mass is 385 g/mol. The maximum Gasteiger partial charge on any atom is 0.401 e. The molecule has 0 saturated carbocycles. The molecule has 0 atom stereocenters. The molecule has 9 heteroatoms. The highest BCUT2D eigenvalue weighted by Gasteiger charge is 2.32. The molecule has 0 unspecified atom stereocenters. The molecule has 0 bridgehead atoms. The SMILES string of the molecule is C=CC(=O)Nc1cc(N2CCN(CC(F)(F)F)CC2)ccc1C(=O)OCC. The maximum absolute atomic E-state index is 12.5. The molecule has 27 heavy (non-hydrogen) atoms. The third-order valence-corrected chi connectivity index (χ3v) is 4.08. The molecule has 1 aliphatic heterocycles. The number of nitrogens with zero attached hydrogens (tertiary/aromatic N) is 2. The van der Waals surface area contributed by atoms with Crippen molar-refractivity contribution < 1.29 is 27.5 Å². The number of anilines is 2. The van der Waals surface area contributed by atoms with Gasteiger partial charge in [-0.15, -0.1) is 0 Å². The second kappa shape index (κ2) is 8.90. The van der Waals surface area contributed by atoms with Crippen molar-refractivity contribution in [3.8, 4) is 0 Å². The highest BCUT2D eigenvalue weighted by Crippen LogP contribution is 2.26. The number of rotatable bonds is 6. The quantitative estimate of drug-likeness (QED) is 0.603. The van der Waals surface area contributed by atoms with Crippen LogP contribution < -0.4 is 10.2 Å². The molecular formula is C18H22F3N3O3. The summed E-state index contributed by atoms with van der Waals surface area (Å²) in [5.41, 5.74) is 1.18. The van der Waals surface area contributed by atoms with Crippen molar-refractivity contribution in [3.05, 3.63) is 36.4 Å². The molecule has 1 fully saturated rings. The van der Waals surface area contributed by atoms with E-state index in [2.05, 4.69) is 11.9 Å². The van der Waals surface area contributed by atoms with Gasteiger partial charge in [0.15, 0.2) is 0 Å². The van der Waals surface area contributed by atoms with Crippen LogP contribution in [0.5, 0.6) is 0 Å². The lowest BCUT2D eigenvalue weighted by atomic mass is 10.1. The summed E-state index contributed by atoms with van der Waals surface area (Å²) in [7, 11) is 0. The van der Waals surface area contributed by atoms with Crippen LogP contribution in [-0.2, 0) is 9.53 Å². The molecule has 1 aromatic carbocycles. The molecular weight excluding hydrogens is 363 g/mol. The number of carbonyl (C=O) groups excluding carboxylic acids is 2. The van der Waals surface area contributed by atoms with Gasteiger partial charge in [-0.1, -0.05) is 6.58 Å². The smallest absolute Gasteiger partial charge is 0.401 e. The van der Waals surface area contributed by atoms with Gasteiger partial charge >= 0.3 is 12.1 Å². The van der Waals surface area contributed by atoms with Crippen LogP contribution in [0.2, 0.25) is 0 Å². The van der Waals surface area contributed by atoms with Crippen molar-refractivity contribution in [1.29, 1.82) is 0 Å². The summed E-state index contributed by atoms with van der Waals surface area (Å²) >= 11 is 0. The van der Waals surface area contributed by atoms with Crippen LogP contribution in [0.25, 0.3) is 0 Å². The topological polar surface area (TPSA) is 61.9 Å². The van der Waals surface area contributed by atoms with Gasteiger partial charge in [-0.25, -0.2) is 4.79 Å². The molecule has 6 nitrogen and oxygen atoms in total. The predicted molar refractivity (Wildman–Crippen MR) is 95.9 cm³/mol. The fraction of sp³-hybridized carbons (Fsp3) is 0.444. The minimum absolute atomic E-state index is 0.191. The third kappa shape index (κ3) is 5.99. The van der Waals surface area contributed by atoms with Crippen LogP contribution in [0.15, 0.2) is 30.9 Å². The zero-order valence-electron chi connectivity index (χ0n) is 15.0. The minimum Gasteiger partial charge on any atom is -0.462 e. The van der Waals surface area contributed by atoms with Gasteiger partial charge in [-0.3, -0.25) is 9.69 Å². The van der Waals surface area contributed by atoms with Gasteiger partial charge in [0.05, 0.1) is 24.4 Å². The summed E-state index contributed by atoms with van der Waals surface area (Å²) < 4.78 is 42.5. The molecule has 0 aliphatic carbocycles. The number of nitrogens with one attached hydrogen (secondary N) is 1. The van der Waals surface area contributed by atoms with Crippen LogP contribution in [0.3, 0.4) is 0 Å². The van der Waals surface area contributed by atoms with Crippen molar-refractivity contribution in [1.82, 2.24) is 4.90 Å². The van der Waals surface area contributed by atoms with Gasteiger partial charge in [-0.2, -0.15) is 13.2 Å². The number of hydrogen-bond donors (Lipinski definition) is 1. The molecule has 1 heterocycles. The third-order valence-electron chi connectivity index (χ3n) is 4.08. The molecule has 1 amide bonds. The van der Waals surface area contributed by atoms with Crippen LogP contribution in [0.4, 0.5) is 24.5 Å². The van der Waals surface area contributed by atoms with E-state index in [0.717, 1.165) is 6.08 Å². The Bertz CT molecular complexity index is 699. The molecule has 0 spiro atoms. The fourth-order valence-corrected chi connectivity index (χ4v) is 2.82. The molecule has 1 saturated heterocycles. The number of hydrogen-bond acceptors (Lipinski definition) is 5. The highest BCUT2D eigenvalue weighted by atomic mass is 19.4. The highest BCUT2D eigenvalue weighted by molar-refractivity contribution is 6.05. The summed E-state index contributed by atoms with van der Waals surface area (Å²) in [5.74, 6) is -1.05. The molecule has 1 aromatic rings. The van der Waals surface area contributed by atoms with Gasteiger partial charge in [0.25, 0.3) is 0 Å². The van der Waals surface area contributed by atoms with Gasteiger partial charge < -0.3 is 15.0 Å². The summed E-state index contributed by atoms with van der Waals surface area (Å²) in [5, 5.41) is 2.58. The molecule has 1 N–H and O–H groups in total. The second-order valence-electron chi connectivity index (χ2n) is 6.02. The minimum atomic E-state index is -4.22. The van der Waals surface area contributed by atoms with E-state index in [0.29, 0.717) is 18.8 Å². The average Bonchev–Trinajstić information content (AvgIpc) is 2.61. The number of carbonyl (C=O) groups is 2. The summed E-state index contributed by atoms with van der Waals surface area (Å²) in [6.45, 7) is 5.68. The predicted octanol–water partition coefficient (Wildman–Crippen LogP) is 2.67. The number of amides is 1. The van der Waals surface area contributed by atoms with E-state index in [9.17, 15) is 22.8 Å². The van der Waals surface area contributed by atoms with E-state index < -0.39 is 24.6 Å². The Kier molecular flexibility index (Phi) is 6.84. The lowest BCUT2D eigenvalue weighted by Crippen LogP contribution is -2.49. The van der Waals surface area contributed by atoms with Gasteiger partial charge in [0.2, 0.25) is 5.91 Å². The zero-order valence-corrected chi connectivity index (χ0v) is 15.0. The Balaban J connectivity index is 2.16. The Morgan fingerprint density at radius 2 is 1.93 bits per heavy atom. The fourth-order valence-electron chi connectivity index (χ4n) is 2.82. The Morgan fingerprint density at radius 1 is 1.26 bits per heavy atom. The van der Waals surface area contributed by atoms with Gasteiger partial charge in [0, 0.05) is 31.9 Å². The van der Waals surface area contributed by atoms with Crippen molar-refractivity contribution in [2.24, 2.45) is 0 Å². The molecule has 2 rings (SSSR count). The first-order valence-corrected chi connectivity index (χ1v) is 8.52. The first-order valence-electron chi connectivity index (χ1n) is 8.52. The first kappa shape index (κ1) is 20.8. The Morgan fingerprint density at radius 3 is 2.48 bits per heavy atom. The van der Waals surface area contributed by atoms with Crippen LogP contribution in [0.1, 0.15) is 17.3 Å². The lowest BCUT2D eigenvalue weighted by Gasteiger charge is -2.36. The summed E-state index contributed by atoms with van der Waals surface area (Å²) in [4.78, 5) is 27.0. The van der Waals surface area contributed by atoms with Crippen molar-refractivity contribution >= 4 is 23.3 Å². The van der Waals surface area contributed by atoms with Crippen LogP contribution in [0, 0.1) is 0 Å².